The van der Waals surface area contributed by atoms with Crippen LogP contribution in [0.3, 0.4) is 0 Å². The molecular formula is C22H25NO4. The minimum atomic E-state index is -0.487. The van der Waals surface area contributed by atoms with E-state index < -0.39 is 6.04 Å². The van der Waals surface area contributed by atoms with Crippen molar-refractivity contribution < 1.29 is 19.1 Å². The van der Waals surface area contributed by atoms with Crippen molar-refractivity contribution in [1.29, 1.82) is 0 Å². The molecule has 142 valence electrons. The summed E-state index contributed by atoms with van der Waals surface area (Å²) in [5.74, 6) is 0.136. The zero-order valence-corrected chi connectivity index (χ0v) is 15.8. The number of hydrogen-bond acceptors (Lipinski definition) is 4. The molecule has 5 heteroatoms. The van der Waals surface area contributed by atoms with Gasteiger partial charge in [-0.15, -0.1) is 0 Å². The molecule has 2 aromatic rings. The van der Waals surface area contributed by atoms with Crippen LogP contribution >= 0.6 is 0 Å². The van der Waals surface area contributed by atoms with Gasteiger partial charge >= 0.3 is 5.97 Å². The highest BCUT2D eigenvalue weighted by atomic mass is 16.5. The number of methoxy groups -OCH3 is 2. The molecule has 2 aromatic carbocycles. The van der Waals surface area contributed by atoms with Gasteiger partial charge in [-0.25, -0.2) is 0 Å². The largest absolute Gasteiger partial charge is 0.497 e. The van der Waals surface area contributed by atoms with Crippen LogP contribution in [0.2, 0.25) is 0 Å². The van der Waals surface area contributed by atoms with Crippen molar-refractivity contribution in [2.24, 2.45) is 0 Å². The Bertz CT molecular complexity index is 831. The monoisotopic (exact) mass is 367 g/mol. The number of benzene rings is 2. The van der Waals surface area contributed by atoms with E-state index in [1.165, 1.54) is 12.7 Å². The first-order valence-electron chi connectivity index (χ1n) is 9.24. The standard InChI is InChI=1S/C22H25NO4/c1-26-17-10-5-9-16(13-17)20(14-21(24)27-2)23-22(25)19-12-6-8-15-7-3-4-11-18(15)19/h5-6,8-10,12-13,20H,3-4,7,11,14H2,1-2H3,(H,23,25). The van der Waals surface area contributed by atoms with Crippen molar-refractivity contribution in [3.8, 4) is 5.75 Å². The number of amides is 1. The SMILES string of the molecule is COC(=O)CC(NC(=O)c1cccc2c1CCCC2)c1cccc(OC)c1. The van der Waals surface area contributed by atoms with E-state index >= 15 is 0 Å². The molecule has 1 N–H and O–H groups in total. The van der Waals surface area contributed by atoms with Gasteiger partial charge in [-0.2, -0.15) is 0 Å². The molecule has 27 heavy (non-hydrogen) atoms. The zero-order chi connectivity index (χ0) is 19.2. The van der Waals surface area contributed by atoms with Crippen LogP contribution in [0.5, 0.6) is 5.75 Å². The first-order chi connectivity index (χ1) is 13.1. The predicted octanol–water partition coefficient (Wildman–Crippen LogP) is 3.61. The molecule has 0 radical (unpaired) electrons. The fraction of sp³-hybridized carbons (Fsp3) is 0.364. The molecular weight excluding hydrogens is 342 g/mol. The molecule has 0 aliphatic heterocycles. The maximum atomic E-state index is 13.0. The summed E-state index contributed by atoms with van der Waals surface area (Å²) in [5.41, 5.74) is 3.88. The van der Waals surface area contributed by atoms with Gasteiger partial charge in [-0.05, 0) is 60.6 Å². The Morgan fingerprint density at radius 2 is 1.85 bits per heavy atom. The Hall–Kier alpha value is -2.82. The molecule has 0 heterocycles. The lowest BCUT2D eigenvalue weighted by Crippen LogP contribution is -2.31. The van der Waals surface area contributed by atoms with Crippen LogP contribution in [0.1, 0.15) is 52.4 Å². The van der Waals surface area contributed by atoms with Crippen molar-refractivity contribution in [2.45, 2.75) is 38.1 Å². The van der Waals surface area contributed by atoms with E-state index in [1.807, 2.05) is 36.4 Å². The summed E-state index contributed by atoms with van der Waals surface area (Å²) in [5, 5.41) is 3.02. The molecule has 0 spiro atoms. The Kier molecular flexibility index (Phi) is 6.12. The number of hydrogen-bond donors (Lipinski definition) is 1. The second kappa shape index (κ2) is 8.71. The number of aryl methyl sites for hydroxylation is 1. The van der Waals surface area contributed by atoms with Crippen LogP contribution in [0.25, 0.3) is 0 Å². The van der Waals surface area contributed by atoms with Crippen molar-refractivity contribution >= 4 is 11.9 Å². The summed E-state index contributed by atoms with van der Waals surface area (Å²) in [4.78, 5) is 24.9. The van der Waals surface area contributed by atoms with Gasteiger partial charge in [0.25, 0.3) is 5.91 Å². The summed E-state index contributed by atoms with van der Waals surface area (Å²) in [6.07, 6.45) is 4.24. The molecule has 0 saturated carbocycles. The van der Waals surface area contributed by atoms with Crippen molar-refractivity contribution in [2.75, 3.05) is 14.2 Å². The predicted molar refractivity (Wildman–Crippen MR) is 103 cm³/mol. The smallest absolute Gasteiger partial charge is 0.307 e. The molecule has 1 atom stereocenters. The molecule has 1 aliphatic rings. The molecule has 0 fully saturated rings. The maximum Gasteiger partial charge on any atom is 0.307 e. The van der Waals surface area contributed by atoms with Crippen molar-refractivity contribution in [3.63, 3.8) is 0 Å². The van der Waals surface area contributed by atoms with Crippen molar-refractivity contribution in [1.82, 2.24) is 5.32 Å². The fourth-order valence-electron chi connectivity index (χ4n) is 3.59. The number of rotatable bonds is 6. The summed E-state index contributed by atoms with van der Waals surface area (Å²) in [6, 6.07) is 12.8. The molecule has 1 aliphatic carbocycles. The van der Waals surface area contributed by atoms with Gasteiger partial charge in [0.1, 0.15) is 5.75 Å². The van der Waals surface area contributed by atoms with E-state index in [4.69, 9.17) is 9.47 Å². The van der Waals surface area contributed by atoms with Crippen LogP contribution in [0.4, 0.5) is 0 Å². The normalized spacial score (nSPS) is 14.0. The third kappa shape index (κ3) is 4.48. The summed E-state index contributed by atoms with van der Waals surface area (Å²) in [6.45, 7) is 0. The first kappa shape index (κ1) is 19.0. The highest BCUT2D eigenvalue weighted by molar-refractivity contribution is 5.96. The van der Waals surface area contributed by atoms with Gasteiger partial charge in [-0.3, -0.25) is 9.59 Å². The molecule has 1 unspecified atom stereocenters. The van der Waals surface area contributed by atoms with Gasteiger partial charge in [0.05, 0.1) is 26.7 Å². The quantitative estimate of drug-likeness (QED) is 0.792. The van der Waals surface area contributed by atoms with E-state index in [-0.39, 0.29) is 18.3 Å². The van der Waals surface area contributed by atoms with Gasteiger partial charge in [-0.1, -0.05) is 24.3 Å². The Morgan fingerprint density at radius 1 is 1.07 bits per heavy atom. The highest BCUT2D eigenvalue weighted by Crippen LogP contribution is 2.26. The molecule has 5 nitrogen and oxygen atoms in total. The number of carbonyl (C=O) groups is 2. The lowest BCUT2D eigenvalue weighted by molar-refractivity contribution is -0.141. The lowest BCUT2D eigenvalue weighted by Gasteiger charge is -2.22. The molecule has 0 bridgehead atoms. The zero-order valence-electron chi connectivity index (χ0n) is 15.8. The Labute approximate surface area is 159 Å². The van der Waals surface area contributed by atoms with Crippen molar-refractivity contribution in [3.05, 3.63) is 64.7 Å². The number of fused-ring (bicyclic) bond motifs is 1. The third-order valence-electron chi connectivity index (χ3n) is 5.04. The Morgan fingerprint density at radius 3 is 2.63 bits per heavy atom. The number of carbonyl (C=O) groups excluding carboxylic acids is 2. The second-order valence-electron chi connectivity index (χ2n) is 6.73. The minimum absolute atomic E-state index is 0.0600. The molecule has 1 amide bonds. The van der Waals surface area contributed by atoms with E-state index in [0.717, 1.165) is 36.8 Å². The lowest BCUT2D eigenvalue weighted by atomic mass is 9.88. The van der Waals surface area contributed by atoms with Crippen LogP contribution in [-0.2, 0) is 22.4 Å². The molecule has 0 saturated heterocycles. The Balaban J connectivity index is 1.87. The topological polar surface area (TPSA) is 64.6 Å². The number of ether oxygens (including phenoxy) is 2. The van der Waals surface area contributed by atoms with E-state index in [9.17, 15) is 9.59 Å². The van der Waals surface area contributed by atoms with Crippen LogP contribution in [-0.4, -0.2) is 26.1 Å². The van der Waals surface area contributed by atoms with Crippen LogP contribution < -0.4 is 10.1 Å². The first-order valence-corrected chi connectivity index (χ1v) is 9.24. The summed E-state index contributed by atoms with van der Waals surface area (Å²) in [7, 11) is 2.93. The third-order valence-corrected chi connectivity index (χ3v) is 5.04. The summed E-state index contributed by atoms with van der Waals surface area (Å²) >= 11 is 0. The maximum absolute atomic E-state index is 13.0. The van der Waals surface area contributed by atoms with Gasteiger partial charge in [0.15, 0.2) is 0 Å². The van der Waals surface area contributed by atoms with Crippen LogP contribution in [0.15, 0.2) is 42.5 Å². The fourth-order valence-corrected chi connectivity index (χ4v) is 3.59. The van der Waals surface area contributed by atoms with Gasteiger partial charge in [0.2, 0.25) is 0 Å². The molecule has 3 rings (SSSR count). The average Bonchev–Trinajstić information content (AvgIpc) is 2.72. The van der Waals surface area contributed by atoms with Crippen LogP contribution in [0, 0.1) is 0 Å². The van der Waals surface area contributed by atoms with Gasteiger partial charge < -0.3 is 14.8 Å². The summed E-state index contributed by atoms with van der Waals surface area (Å²) < 4.78 is 10.1. The number of nitrogens with one attached hydrogen (secondary N) is 1. The van der Waals surface area contributed by atoms with Gasteiger partial charge in [0, 0.05) is 5.56 Å². The van der Waals surface area contributed by atoms with E-state index in [2.05, 4.69) is 11.4 Å². The second-order valence-corrected chi connectivity index (χ2v) is 6.73. The number of esters is 1. The minimum Gasteiger partial charge on any atom is -0.497 e. The molecule has 0 aromatic heterocycles. The highest BCUT2D eigenvalue weighted by Gasteiger charge is 2.23. The van der Waals surface area contributed by atoms with E-state index in [1.54, 1.807) is 7.11 Å². The average molecular weight is 367 g/mol. The van der Waals surface area contributed by atoms with E-state index in [0.29, 0.717) is 11.3 Å².